The number of nitrogens with one attached hydrogen (secondary N) is 1. The molecule has 1 amide bonds. The number of aryl methyl sites for hydroxylation is 2. The van der Waals surface area contributed by atoms with E-state index < -0.39 is 0 Å². The molecule has 1 rings (SSSR count). The third kappa shape index (κ3) is 3.50. The first-order valence-corrected chi connectivity index (χ1v) is 5.68. The zero-order valence-electron chi connectivity index (χ0n) is 8.43. The van der Waals surface area contributed by atoms with Crippen LogP contribution >= 0.6 is 15.9 Å². The number of anilines is 1. The van der Waals surface area contributed by atoms with Crippen molar-refractivity contribution >= 4 is 27.5 Å². The molecular formula is C11H14BrNO. The van der Waals surface area contributed by atoms with Crippen LogP contribution in [0.15, 0.2) is 18.2 Å². The van der Waals surface area contributed by atoms with Crippen molar-refractivity contribution in [3.8, 4) is 0 Å². The molecule has 0 fully saturated rings. The molecule has 0 spiro atoms. The fourth-order valence-electron chi connectivity index (χ4n) is 1.36. The van der Waals surface area contributed by atoms with E-state index in [0.717, 1.165) is 5.69 Å². The summed E-state index contributed by atoms with van der Waals surface area (Å²) < 4.78 is 0. The summed E-state index contributed by atoms with van der Waals surface area (Å²) in [7, 11) is 0. The standard InChI is InChI=1S/C11H14BrNO/c1-8-5-9(2)7-10(6-8)13-11(14)3-4-12/h5-7H,3-4H2,1-2H3,(H,13,14). The van der Waals surface area contributed by atoms with Gasteiger partial charge in [0, 0.05) is 17.4 Å². The van der Waals surface area contributed by atoms with Crippen molar-refractivity contribution in [1.29, 1.82) is 0 Å². The number of hydrogen-bond donors (Lipinski definition) is 1. The number of rotatable bonds is 3. The van der Waals surface area contributed by atoms with Crippen molar-refractivity contribution in [2.75, 3.05) is 10.6 Å². The average molecular weight is 256 g/mol. The Morgan fingerprint density at radius 1 is 1.29 bits per heavy atom. The molecule has 0 atom stereocenters. The van der Waals surface area contributed by atoms with Gasteiger partial charge in [0.05, 0.1) is 0 Å². The second kappa shape index (κ2) is 5.15. The highest BCUT2D eigenvalue weighted by Gasteiger charge is 2.01. The fraction of sp³-hybridized carbons (Fsp3) is 0.364. The average Bonchev–Trinajstić information content (AvgIpc) is 2.01. The van der Waals surface area contributed by atoms with Crippen molar-refractivity contribution in [3.05, 3.63) is 29.3 Å². The summed E-state index contributed by atoms with van der Waals surface area (Å²) in [6.45, 7) is 4.04. The zero-order chi connectivity index (χ0) is 10.6. The maximum absolute atomic E-state index is 11.3. The minimum Gasteiger partial charge on any atom is -0.326 e. The van der Waals surface area contributed by atoms with Crippen molar-refractivity contribution in [2.45, 2.75) is 20.3 Å². The molecule has 0 unspecified atom stereocenters. The summed E-state index contributed by atoms with van der Waals surface area (Å²) in [4.78, 5) is 11.3. The number of alkyl halides is 1. The van der Waals surface area contributed by atoms with Crippen LogP contribution in [0, 0.1) is 13.8 Å². The van der Waals surface area contributed by atoms with Gasteiger partial charge < -0.3 is 5.32 Å². The quantitative estimate of drug-likeness (QED) is 0.827. The second-order valence-corrected chi connectivity index (χ2v) is 4.16. The van der Waals surface area contributed by atoms with Crippen molar-refractivity contribution in [1.82, 2.24) is 0 Å². The van der Waals surface area contributed by atoms with Crippen molar-refractivity contribution in [2.24, 2.45) is 0 Å². The number of benzene rings is 1. The highest BCUT2D eigenvalue weighted by molar-refractivity contribution is 9.09. The van der Waals surface area contributed by atoms with Gasteiger partial charge >= 0.3 is 0 Å². The van der Waals surface area contributed by atoms with Gasteiger partial charge in [-0.3, -0.25) is 4.79 Å². The smallest absolute Gasteiger partial charge is 0.225 e. The molecule has 0 bridgehead atoms. The van der Waals surface area contributed by atoms with Gasteiger partial charge in [-0.25, -0.2) is 0 Å². The molecule has 0 aromatic heterocycles. The van der Waals surface area contributed by atoms with Crippen LogP contribution in [0.5, 0.6) is 0 Å². The highest BCUT2D eigenvalue weighted by Crippen LogP contribution is 2.13. The second-order valence-electron chi connectivity index (χ2n) is 3.36. The van der Waals surface area contributed by atoms with Gasteiger partial charge in [0.1, 0.15) is 0 Å². The summed E-state index contributed by atoms with van der Waals surface area (Å²) in [6.07, 6.45) is 0.507. The lowest BCUT2D eigenvalue weighted by Gasteiger charge is -2.06. The summed E-state index contributed by atoms with van der Waals surface area (Å²) in [5, 5.41) is 3.55. The van der Waals surface area contributed by atoms with Crippen LogP contribution in [0.25, 0.3) is 0 Å². The molecule has 0 saturated heterocycles. The summed E-state index contributed by atoms with van der Waals surface area (Å²) in [5.74, 6) is 0.0480. The van der Waals surface area contributed by atoms with E-state index in [4.69, 9.17) is 0 Å². The first-order valence-electron chi connectivity index (χ1n) is 4.56. The molecule has 0 radical (unpaired) electrons. The van der Waals surface area contributed by atoms with E-state index in [9.17, 15) is 4.79 Å². The molecule has 1 aromatic rings. The Kier molecular flexibility index (Phi) is 4.14. The largest absolute Gasteiger partial charge is 0.326 e. The molecule has 0 heterocycles. The number of hydrogen-bond acceptors (Lipinski definition) is 1. The van der Waals surface area contributed by atoms with E-state index in [-0.39, 0.29) is 5.91 Å². The molecule has 1 N–H and O–H groups in total. The lowest BCUT2D eigenvalue weighted by atomic mass is 10.1. The van der Waals surface area contributed by atoms with E-state index in [1.807, 2.05) is 26.0 Å². The highest BCUT2D eigenvalue weighted by atomic mass is 79.9. The first kappa shape index (κ1) is 11.2. The lowest BCUT2D eigenvalue weighted by Crippen LogP contribution is -2.11. The Balaban J connectivity index is 2.71. The van der Waals surface area contributed by atoms with Crippen molar-refractivity contribution in [3.63, 3.8) is 0 Å². The van der Waals surface area contributed by atoms with Crippen LogP contribution in [0.1, 0.15) is 17.5 Å². The molecule has 76 valence electrons. The molecule has 3 heteroatoms. The minimum atomic E-state index is 0.0480. The Labute approximate surface area is 92.8 Å². The molecule has 0 saturated carbocycles. The third-order valence-electron chi connectivity index (χ3n) is 1.83. The van der Waals surface area contributed by atoms with E-state index in [1.54, 1.807) is 0 Å². The van der Waals surface area contributed by atoms with Gasteiger partial charge in [0.25, 0.3) is 0 Å². The third-order valence-corrected chi connectivity index (χ3v) is 2.22. The predicted molar refractivity (Wildman–Crippen MR) is 63.0 cm³/mol. The Hall–Kier alpha value is -0.830. The predicted octanol–water partition coefficient (Wildman–Crippen LogP) is 3.03. The van der Waals surface area contributed by atoms with E-state index in [0.29, 0.717) is 11.8 Å². The van der Waals surface area contributed by atoms with Gasteiger partial charge in [-0.05, 0) is 37.1 Å². The minimum absolute atomic E-state index is 0.0480. The number of amides is 1. The molecule has 0 aliphatic heterocycles. The fourth-order valence-corrected chi connectivity index (χ4v) is 1.72. The zero-order valence-corrected chi connectivity index (χ0v) is 10.0. The Bertz CT molecular complexity index is 316. The van der Waals surface area contributed by atoms with Gasteiger partial charge in [0.15, 0.2) is 0 Å². The first-order chi connectivity index (χ1) is 6.61. The SMILES string of the molecule is Cc1cc(C)cc(NC(=O)CCBr)c1. The van der Waals surface area contributed by atoms with Crippen LogP contribution in [0.2, 0.25) is 0 Å². The van der Waals surface area contributed by atoms with Gasteiger partial charge in [-0.2, -0.15) is 0 Å². The summed E-state index contributed by atoms with van der Waals surface area (Å²) in [6, 6.07) is 6.03. The molecule has 0 aliphatic rings. The van der Waals surface area contributed by atoms with Crippen LogP contribution < -0.4 is 5.32 Å². The lowest BCUT2D eigenvalue weighted by molar-refractivity contribution is -0.115. The maximum Gasteiger partial charge on any atom is 0.225 e. The molecular weight excluding hydrogens is 242 g/mol. The van der Waals surface area contributed by atoms with E-state index >= 15 is 0 Å². The van der Waals surface area contributed by atoms with Crippen LogP contribution in [0.3, 0.4) is 0 Å². The topological polar surface area (TPSA) is 29.1 Å². The van der Waals surface area contributed by atoms with Gasteiger partial charge in [0.2, 0.25) is 5.91 Å². The van der Waals surface area contributed by atoms with Crippen LogP contribution in [-0.2, 0) is 4.79 Å². The Morgan fingerprint density at radius 3 is 2.36 bits per heavy atom. The number of carbonyl (C=O) groups excluding carboxylic acids is 1. The molecule has 14 heavy (non-hydrogen) atoms. The van der Waals surface area contributed by atoms with E-state index in [2.05, 4.69) is 27.3 Å². The van der Waals surface area contributed by atoms with Crippen LogP contribution in [-0.4, -0.2) is 11.2 Å². The molecule has 0 aliphatic carbocycles. The monoisotopic (exact) mass is 255 g/mol. The summed E-state index contributed by atoms with van der Waals surface area (Å²) >= 11 is 3.23. The number of halogens is 1. The van der Waals surface area contributed by atoms with Gasteiger partial charge in [-0.1, -0.05) is 22.0 Å². The maximum atomic E-state index is 11.3. The van der Waals surface area contributed by atoms with E-state index in [1.165, 1.54) is 11.1 Å². The number of carbonyl (C=O) groups is 1. The molecule has 2 nitrogen and oxygen atoms in total. The normalized spacial score (nSPS) is 9.93. The van der Waals surface area contributed by atoms with Crippen LogP contribution in [0.4, 0.5) is 5.69 Å². The van der Waals surface area contributed by atoms with Gasteiger partial charge in [-0.15, -0.1) is 0 Å². The molecule has 1 aromatic carbocycles. The Morgan fingerprint density at radius 2 is 1.86 bits per heavy atom. The van der Waals surface area contributed by atoms with Crippen molar-refractivity contribution < 1.29 is 4.79 Å². The summed E-state index contributed by atoms with van der Waals surface area (Å²) in [5.41, 5.74) is 3.21.